The van der Waals surface area contributed by atoms with Gasteiger partial charge in [-0.15, -0.1) is 11.3 Å². The number of benzene rings is 1. The molecule has 1 aromatic heterocycles. The van der Waals surface area contributed by atoms with Gasteiger partial charge in [0.15, 0.2) is 0 Å². The molecule has 0 aliphatic carbocycles. The molecular weight excluding hydrogens is 221 g/mol. The van der Waals surface area contributed by atoms with Crippen LogP contribution in [0.2, 0.25) is 0 Å². The molecule has 0 saturated carbocycles. The summed E-state index contributed by atoms with van der Waals surface area (Å²) in [5.74, 6) is -0.185. The second-order valence-electron chi connectivity index (χ2n) is 3.74. The lowest BCUT2D eigenvalue weighted by Crippen LogP contribution is -2.17. The molecule has 0 amide bonds. The number of halogens is 1. The molecule has 1 aromatic carbocycles. The zero-order chi connectivity index (χ0) is 11.4. The van der Waals surface area contributed by atoms with E-state index in [0.717, 1.165) is 12.1 Å². The van der Waals surface area contributed by atoms with Gasteiger partial charge in [0.25, 0.3) is 0 Å². The minimum Gasteiger partial charge on any atom is -0.305 e. The average Bonchev–Trinajstić information content (AvgIpc) is 2.81. The summed E-state index contributed by atoms with van der Waals surface area (Å²) in [5.41, 5.74) is 1.10. The Labute approximate surface area is 98.9 Å². The van der Waals surface area contributed by atoms with Gasteiger partial charge in [-0.1, -0.05) is 18.2 Å². The fraction of sp³-hybridized carbons (Fsp3) is 0.231. The van der Waals surface area contributed by atoms with E-state index >= 15 is 0 Å². The van der Waals surface area contributed by atoms with Crippen LogP contribution in [0.15, 0.2) is 41.8 Å². The third kappa shape index (κ3) is 2.90. The fourth-order valence-corrected chi connectivity index (χ4v) is 2.27. The molecule has 3 heteroatoms. The van der Waals surface area contributed by atoms with Crippen LogP contribution in [0.25, 0.3) is 0 Å². The highest BCUT2D eigenvalue weighted by Crippen LogP contribution is 2.18. The highest BCUT2D eigenvalue weighted by atomic mass is 32.1. The zero-order valence-electron chi connectivity index (χ0n) is 9.11. The number of hydrogen-bond acceptors (Lipinski definition) is 2. The van der Waals surface area contributed by atoms with Gasteiger partial charge >= 0.3 is 0 Å². The Morgan fingerprint density at radius 1 is 1.25 bits per heavy atom. The maximum atomic E-state index is 12.7. The van der Waals surface area contributed by atoms with Crippen LogP contribution < -0.4 is 5.32 Å². The number of thiophene rings is 1. The molecule has 2 aromatic rings. The summed E-state index contributed by atoms with van der Waals surface area (Å²) < 4.78 is 12.7. The van der Waals surface area contributed by atoms with Crippen molar-refractivity contribution in [1.82, 2.24) is 5.32 Å². The summed E-state index contributed by atoms with van der Waals surface area (Å²) >= 11 is 1.75. The van der Waals surface area contributed by atoms with Crippen molar-refractivity contribution in [3.05, 3.63) is 58.0 Å². The first-order valence-electron chi connectivity index (χ1n) is 5.27. The second-order valence-corrected chi connectivity index (χ2v) is 4.72. The molecule has 16 heavy (non-hydrogen) atoms. The van der Waals surface area contributed by atoms with Crippen molar-refractivity contribution < 1.29 is 4.39 Å². The highest BCUT2D eigenvalue weighted by molar-refractivity contribution is 7.10. The van der Waals surface area contributed by atoms with Gasteiger partial charge in [0.1, 0.15) is 5.82 Å². The van der Waals surface area contributed by atoms with Crippen LogP contribution in [-0.4, -0.2) is 0 Å². The van der Waals surface area contributed by atoms with Gasteiger partial charge in [0.2, 0.25) is 0 Å². The van der Waals surface area contributed by atoms with Crippen LogP contribution in [-0.2, 0) is 6.54 Å². The highest BCUT2D eigenvalue weighted by Gasteiger charge is 2.05. The largest absolute Gasteiger partial charge is 0.305 e. The third-order valence-electron chi connectivity index (χ3n) is 2.50. The van der Waals surface area contributed by atoms with Crippen molar-refractivity contribution in [3.8, 4) is 0 Å². The van der Waals surface area contributed by atoms with E-state index in [0.29, 0.717) is 6.04 Å². The molecule has 0 unspecified atom stereocenters. The van der Waals surface area contributed by atoms with E-state index in [9.17, 15) is 4.39 Å². The lowest BCUT2D eigenvalue weighted by atomic mass is 10.2. The van der Waals surface area contributed by atoms with E-state index in [1.165, 1.54) is 17.0 Å². The van der Waals surface area contributed by atoms with Gasteiger partial charge in [-0.25, -0.2) is 4.39 Å². The van der Waals surface area contributed by atoms with Gasteiger partial charge in [0.05, 0.1) is 0 Å². The van der Waals surface area contributed by atoms with Gasteiger partial charge in [-0.3, -0.25) is 0 Å². The second kappa shape index (κ2) is 5.23. The minimum absolute atomic E-state index is 0.185. The molecule has 0 aliphatic heterocycles. The number of rotatable bonds is 4. The van der Waals surface area contributed by atoms with E-state index in [2.05, 4.69) is 29.8 Å². The Bertz CT molecular complexity index is 422. The Kier molecular flexibility index (Phi) is 3.70. The van der Waals surface area contributed by atoms with E-state index in [-0.39, 0.29) is 5.82 Å². The standard InChI is InChI=1S/C13H14FNS/c1-10(13-3-2-8-16-13)15-9-11-4-6-12(14)7-5-11/h2-8,10,15H,9H2,1H3/t10-/m1/s1. The van der Waals surface area contributed by atoms with Crippen molar-refractivity contribution >= 4 is 11.3 Å². The Morgan fingerprint density at radius 2 is 2.00 bits per heavy atom. The zero-order valence-corrected chi connectivity index (χ0v) is 9.93. The summed E-state index contributed by atoms with van der Waals surface area (Å²) in [6, 6.07) is 11.1. The number of hydrogen-bond donors (Lipinski definition) is 1. The third-order valence-corrected chi connectivity index (χ3v) is 3.55. The fourth-order valence-electron chi connectivity index (χ4n) is 1.51. The van der Waals surface area contributed by atoms with Gasteiger partial charge in [-0.2, -0.15) is 0 Å². The SMILES string of the molecule is C[C@@H](NCc1ccc(F)cc1)c1cccs1. The first-order chi connectivity index (χ1) is 7.75. The molecule has 0 spiro atoms. The van der Waals surface area contributed by atoms with E-state index in [1.807, 2.05) is 12.1 Å². The minimum atomic E-state index is -0.185. The summed E-state index contributed by atoms with van der Waals surface area (Å²) in [4.78, 5) is 1.32. The van der Waals surface area contributed by atoms with Crippen LogP contribution >= 0.6 is 11.3 Å². The molecule has 1 atom stereocenters. The molecule has 0 saturated heterocycles. The van der Waals surface area contributed by atoms with Crippen molar-refractivity contribution in [2.75, 3.05) is 0 Å². The predicted molar refractivity (Wildman–Crippen MR) is 66.0 cm³/mol. The van der Waals surface area contributed by atoms with E-state index in [1.54, 1.807) is 11.3 Å². The Hall–Kier alpha value is -1.19. The quantitative estimate of drug-likeness (QED) is 0.851. The van der Waals surface area contributed by atoms with Crippen LogP contribution in [0.3, 0.4) is 0 Å². The van der Waals surface area contributed by atoms with Crippen LogP contribution in [0.5, 0.6) is 0 Å². The molecule has 84 valence electrons. The molecule has 1 heterocycles. The maximum Gasteiger partial charge on any atom is 0.123 e. The molecule has 0 bridgehead atoms. The summed E-state index contributed by atoms with van der Waals surface area (Å²) in [7, 11) is 0. The summed E-state index contributed by atoms with van der Waals surface area (Å²) in [6.45, 7) is 2.90. The first-order valence-corrected chi connectivity index (χ1v) is 6.15. The smallest absolute Gasteiger partial charge is 0.123 e. The monoisotopic (exact) mass is 235 g/mol. The van der Waals surface area contributed by atoms with Crippen molar-refractivity contribution in [2.24, 2.45) is 0 Å². The first kappa shape index (κ1) is 11.3. The van der Waals surface area contributed by atoms with Crippen molar-refractivity contribution in [1.29, 1.82) is 0 Å². The lowest BCUT2D eigenvalue weighted by molar-refractivity contribution is 0.580. The Balaban J connectivity index is 1.90. The molecule has 1 N–H and O–H groups in total. The number of nitrogens with one attached hydrogen (secondary N) is 1. The van der Waals surface area contributed by atoms with Crippen LogP contribution in [0, 0.1) is 5.82 Å². The molecular formula is C13H14FNS. The summed E-state index contributed by atoms with van der Waals surface area (Å²) in [6.07, 6.45) is 0. The van der Waals surface area contributed by atoms with Crippen molar-refractivity contribution in [3.63, 3.8) is 0 Å². The van der Waals surface area contributed by atoms with E-state index in [4.69, 9.17) is 0 Å². The predicted octanol–water partition coefficient (Wildman–Crippen LogP) is 3.74. The topological polar surface area (TPSA) is 12.0 Å². The average molecular weight is 235 g/mol. The van der Waals surface area contributed by atoms with Crippen LogP contribution in [0.1, 0.15) is 23.4 Å². The van der Waals surface area contributed by atoms with Gasteiger partial charge in [0, 0.05) is 17.5 Å². The normalized spacial score (nSPS) is 12.6. The molecule has 0 fully saturated rings. The molecule has 2 rings (SSSR count). The van der Waals surface area contributed by atoms with Crippen LogP contribution in [0.4, 0.5) is 4.39 Å². The van der Waals surface area contributed by atoms with Crippen molar-refractivity contribution in [2.45, 2.75) is 19.5 Å². The molecule has 1 nitrogen and oxygen atoms in total. The lowest BCUT2D eigenvalue weighted by Gasteiger charge is -2.11. The molecule has 0 radical (unpaired) electrons. The maximum absolute atomic E-state index is 12.7. The Morgan fingerprint density at radius 3 is 2.62 bits per heavy atom. The van der Waals surface area contributed by atoms with Gasteiger partial charge < -0.3 is 5.32 Å². The van der Waals surface area contributed by atoms with Gasteiger partial charge in [-0.05, 0) is 36.1 Å². The van der Waals surface area contributed by atoms with E-state index < -0.39 is 0 Å². The molecule has 0 aliphatic rings. The summed E-state index contributed by atoms with van der Waals surface area (Å²) in [5, 5.41) is 5.48.